The summed E-state index contributed by atoms with van der Waals surface area (Å²) in [7, 11) is -2.21. The number of sulfonamides is 1. The number of aromatic carboxylic acids is 1. The molecular weight excluding hydrogens is 438 g/mol. The van der Waals surface area contributed by atoms with Crippen LogP contribution in [0.15, 0.2) is 89.8 Å². The number of carboxylic acid groups (broad SMARTS) is 1. The molecule has 0 fully saturated rings. The summed E-state index contributed by atoms with van der Waals surface area (Å²) in [6.45, 7) is 0. The maximum atomic E-state index is 12.9. The molecule has 164 valence electrons. The van der Waals surface area contributed by atoms with Gasteiger partial charge in [0, 0.05) is 28.9 Å². The molecule has 5 aromatic rings. The first-order chi connectivity index (χ1) is 15.9. The summed E-state index contributed by atoms with van der Waals surface area (Å²) >= 11 is 0. The van der Waals surface area contributed by atoms with Crippen molar-refractivity contribution in [2.45, 2.75) is 4.90 Å². The Kier molecular flexibility index (Phi) is 4.87. The number of carboxylic acids is 1. The van der Waals surface area contributed by atoms with Crippen molar-refractivity contribution in [1.82, 2.24) is 9.97 Å². The number of fused-ring (bicyclic) bond motifs is 3. The van der Waals surface area contributed by atoms with Gasteiger partial charge in [0.05, 0.1) is 21.8 Å². The molecule has 8 heteroatoms. The van der Waals surface area contributed by atoms with Gasteiger partial charge in [0.25, 0.3) is 10.0 Å². The van der Waals surface area contributed by atoms with E-state index in [0.29, 0.717) is 16.9 Å². The molecule has 0 spiro atoms. The number of pyridine rings is 1. The molecule has 0 aliphatic carbocycles. The molecule has 0 bridgehead atoms. The average Bonchev–Trinajstić information content (AvgIpc) is 3.22. The number of rotatable bonds is 5. The van der Waals surface area contributed by atoms with Crippen LogP contribution in [0.25, 0.3) is 33.1 Å². The van der Waals surface area contributed by atoms with E-state index in [0.717, 1.165) is 21.8 Å². The first-order valence-electron chi connectivity index (χ1n) is 10.2. The normalized spacial score (nSPS) is 11.7. The topological polar surface area (TPSA) is 103 Å². The smallest absolute Gasteiger partial charge is 0.354 e. The van der Waals surface area contributed by atoms with Gasteiger partial charge in [-0.3, -0.25) is 4.31 Å². The fourth-order valence-corrected chi connectivity index (χ4v) is 5.10. The monoisotopic (exact) mass is 457 g/mol. The standard InChI is InChI=1S/C25H19N3O4S/c1-28(33(31,32)18-7-3-2-4-8-18)17-13-11-16(12-14-17)23-24-20(15-22(27-23)25(29)30)19-9-5-6-10-21(19)26-24/h2-15,26H,1H3,(H,29,30). The molecule has 3 aromatic carbocycles. The van der Waals surface area contributed by atoms with E-state index < -0.39 is 16.0 Å². The third-order valence-electron chi connectivity index (χ3n) is 5.62. The molecule has 0 aliphatic rings. The number of hydrogen-bond acceptors (Lipinski definition) is 4. The maximum absolute atomic E-state index is 12.9. The van der Waals surface area contributed by atoms with E-state index in [1.807, 2.05) is 24.3 Å². The van der Waals surface area contributed by atoms with Crippen molar-refractivity contribution in [3.8, 4) is 11.3 Å². The number of carbonyl (C=O) groups is 1. The number of nitrogens with one attached hydrogen (secondary N) is 1. The second kappa shape index (κ2) is 7.75. The fourth-order valence-electron chi connectivity index (χ4n) is 3.88. The fraction of sp³-hybridized carbons (Fsp3) is 0.0400. The second-order valence-electron chi connectivity index (χ2n) is 7.59. The van der Waals surface area contributed by atoms with Crippen LogP contribution >= 0.6 is 0 Å². The van der Waals surface area contributed by atoms with Crippen molar-refractivity contribution in [2.75, 3.05) is 11.4 Å². The van der Waals surface area contributed by atoms with Crippen LogP contribution in [0.2, 0.25) is 0 Å². The van der Waals surface area contributed by atoms with Gasteiger partial charge in [0.1, 0.15) is 5.69 Å². The van der Waals surface area contributed by atoms with Crippen LogP contribution in [0.4, 0.5) is 5.69 Å². The summed E-state index contributed by atoms with van der Waals surface area (Å²) in [5.74, 6) is -1.12. The average molecular weight is 458 g/mol. The predicted octanol–water partition coefficient (Wildman–Crippen LogP) is 4.91. The van der Waals surface area contributed by atoms with Crippen molar-refractivity contribution < 1.29 is 18.3 Å². The molecule has 2 aromatic heterocycles. The second-order valence-corrected chi connectivity index (χ2v) is 9.56. The highest BCUT2D eigenvalue weighted by Crippen LogP contribution is 2.34. The molecular formula is C25H19N3O4S. The van der Waals surface area contributed by atoms with E-state index >= 15 is 0 Å². The zero-order valence-corrected chi connectivity index (χ0v) is 18.4. The molecule has 2 heterocycles. The molecule has 7 nitrogen and oxygen atoms in total. The number of H-pyrrole nitrogens is 1. The number of para-hydroxylation sites is 1. The van der Waals surface area contributed by atoms with E-state index in [1.165, 1.54) is 11.4 Å². The van der Waals surface area contributed by atoms with Crippen LogP contribution in [0.3, 0.4) is 0 Å². The van der Waals surface area contributed by atoms with Gasteiger partial charge >= 0.3 is 5.97 Å². The highest BCUT2D eigenvalue weighted by atomic mass is 32.2. The molecule has 0 amide bonds. The third-order valence-corrected chi connectivity index (χ3v) is 7.42. The van der Waals surface area contributed by atoms with Crippen LogP contribution in [0.1, 0.15) is 10.5 Å². The minimum atomic E-state index is -3.71. The first kappa shape index (κ1) is 20.7. The van der Waals surface area contributed by atoms with E-state index in [1.54, 1.807) is 60.7 Å². The van der Waals surface area contributed by atoms with Crippen molar-refractivity contribution in [3.63, 3.8) is 0 Å². The number of aromatic nitrogens is 2. The Morgan fingerprint density at radius 3 is 2.27 bits per heavy atom. The Bertz CT molecular complexity index is 1610. The summed E-state index contributed by atoms with van der Waals surface area (Å²) < 4.78 is 27.1. The van der Waals surface area contributed by atoms with Crippen LogP contribution in [-0.2, 0) is 10.0 Å². The van der Waals surface area contributed by atoms with Gasteiger partial charge in [-0.1, -0.05) is 48.5 Å². The van der Waals surface area contributed by atoms with Gasteiger partial charge < -0.3 is 10.1 Å². The zero-order valence-electron chi connectivity index (χ0n) is 17.6. The van der Waals surface area contributed by atoms with Gasteiger partial charge in [0.2, 0.25) is 0 Å². The number of hydrogen-bond donors (Lipinski definition) is 2. The molecule has 2 N–H and O–H groups in total. The van der Waals surface area contributed by atoms with Crippen molar-refractivity contribution in [1.29, 1.82) is 0 Å². The van der Waals surface area contributed by atoms with Crippen molar-refractivity contribution in [2.24, 2.45) is 0 Å². The summed E-state index contributed by atoms with van der Waals surface area (Å²) in [4.78, 5) is 19.6. The van der Waals surface area contributed by atoms with Crippen molar-refractivity contribution in [3.05, 3.63) is 90.6 Å². The Hall–Kier alpha value is -4.17. The number of nitrogens with zero attached hydrogens (tertiary/aromatic N) is 2. The lowest BCUT2D eigenvalue weighted by molar-refractivity contribution is 0.0691. The van der Waals surface area contributed by atoms with E-state index in [4.69, 9.17) is 0 Å². The Morgan fingerprint density at radius 2 is 1.58 bits per heavy atom. The zero-order chi connectivity index (χ0) is 23.2. The third kappa shape index (κ3) is 3.50. The SMILES string of the molecule is CN(c1ccc(-c2nc(C(=O)O)cc3c2[nH]c2ccccc23)cc1)S(=O)(=O)c1ccccc1. The summed E-state index contributed by atoms with van der Waals surface area (Å²) in [5, 5.41) is 11.3. The summed E-state index contributed by atoms with van der Waals surface area (Å²) in [5.41, 5.74) is 3.17. The highest BCUT2D eigenvalue weighted by Gasteiger charge is 2.21. The molecule has 5 rings (SSSR count). The van der Waals surface area contributed by atoms with Crippen molar-refractivity contribution >= 4 is 43.5 Å². The minimum absolute atomic E-state index is 0.0601. The molecule has 0 aliphatic heterocycles. The first-order valence-corrected chi connectivity index (χ1v) is 11.6. The maximum Gasteiger partial charge on any atom is 0.354 e. The number of benzene rings is 3. The molecule has 0 atom stereocenters. The molecule has 0 radical (unpaired) electrons. The lowest BCUT2D eigenvalue weighted by atomic mass is 10.1. The van der Waals surface area contributed by atoms with Gasteiger partial charge in [-0.15, -0.1) is 0 Å². The Balaban J connectivity index is 1.61. The number of aromatic amines is 1. The lowest BCUT2D eigenvalue weighted by Crippen LogP contribution is -2.26. The molecule has 0 saturated carbocycles. The van der Waals surface area contributed by atoms with Crippen LogP contribution in [0, 0.1) is 0 Å². The van der Waals surface area contributed by atoms with Crippen LogP contribution in [0.5, 0.6) is 0 Å². The van der Waals surface area contributed by atoms with Gasteiger partial charge in [-0.2, -0.15) is 0 Å². The Morgan fingerprint density at radius 1 is 0.909 bits per heavy atom. The molecule has 0 unspecified atom stereocenters. The van der Waals surface area contributed by atoms with E-state index in [-0.39, 0.29) is 10.6 Å². The predicted molar refractivity (Wildman–Crippen MR) is 128 cm³/mol. The number of anilines is 1. The lowest BCUT2D eigenvalue weighted by Gasteiger charge is -2.19. The van der Waals surface area contributed by atoms with Gasteiger partial charge in [-0.05, 0) is 36.4 Å². The minimum Gasteiger partial charge on any atom is -0.477 e. The molecule has 0 saturated heterocycles. The van der Waals surface area contributed by atoms with Gasteiger partial charge in [0.15, 0.2) is 0 Å². The Labute approximate surface area is 190 Å². The quantitative estimate of drug-likeness (QED) is 0.390. The highest BCUT2D eigenvalue weighted by molar-refractivity contribution is 7.92. The van der Waals surface area contributed by atoms with Gasteiger partial charge in [-0.25, -0.2) is 18.2 Å². The van der Waals surface area contributed by atoms with E-state index in [9.17, 15) is 18.3 Å². The summed E-state index contributed by atoms with van der Waals surface area (Å²) in [6.07, 6.45) is 0. The summed E-state index contributed by atoms with van der Waals surface area (Å²) in [6, 6.07) is 24.3. The molecule has 33 heavy (non-hydrogen) atoms. The largest absolute Gasteiger partial charge is 0.477 e. The van der Waals surface area contributed by atoms with Crippen LogP contribution < -0.4 is 4.31 Å². The van der Waals surface area contributed by atoms with Crippen LogP contribution in [-0.4, -0.2) is 36.5 Å². The van der Waals surface area contributed by atoms with E-state index in [2.05, 4.69) is 9.97 Å².